The van der Waals surface area contributed by atoms with Crippen molar-refractivity contribution in [3.63, 3.8) is 0 Å². The normalized spacial score (nSPS) is 38.7. The van der Waals surface area contributed by atoms with Crippen molar-refractivity contribution in [3.8, 4) is 12.3 Å². The lowest BCUT2D eigenvalue weighted by Crippen LogP contribution is -2.63. The molecule has 0 radical (unpaired) electrons. The SMILES string of the molecule is C#Cc1ccc(CO/N=C2\COCCC3C[C@@H](C)C(=O)/C=C/C(C)=C/[C@H](CO[C@@H]4O[C@H](C)[C@@H](O)[C@@H](OC)[C@H]4OC)COC(=O)C[C@@H](OC2)[C@H](C)[C@H]3O[C@@H]2O[C@H](C)[C@@H](O)[C@H](N(C)C)[C@H]2O)cn1. The van der Waals surface area contributed by atoms with Gasteiger partial charge < -0.3 is 67.7 Å². The van der Waals surface area contributed by atoms with E-state index in [2.05, 4.69) is 16.1 Å². The third kappa shape index (κ3) is 14.4. The average Bonchev–Trinajstić information content (AvgIpc) is 3.31. The molecule has 3 fully saturated rings. The van der Waals surface area contributed by atoms with Crippen LogP contribution in [0.25, 0.3) is 0 Å². The molecule has 0 amide bonds. The Kier molecular flexibility index (Phi) is 20.7. The van der Waals surface area contributed by atoms with Crippen LogP contribution in [0.5, 0.6) is 0 Å². The van der Waals surface area contributed by atoms with Crippen molar-refractivity contribution in [3.05, 3.63) is 53.4 Å². The molecule has 3 N–H and O–H groups in total. The highest BCUT2D eigenvalue weighted by Crippen LogP contribution is 2.36. The Morgan fingerprint density at radius 2 is 1.67 bits per heavy atom. The summed E-state index contributed by atoms with van der Waals surface area (Å²) in [6, 6.07) is 2.79. The van der Waals surface area contributed by atoms with Crippen LogP contribution in [-0.4, -0.2) is 178 Å². The Bertz CT molecular complexity index is 1840. The third-order valence-electron chi connectivity index (χ3n) is 12.8. The molecule has 0 aromatic carbocycles. The summed E-state index contributed by atoms with van der Waals surface area (Å²) in [6.45, 7) is 9.25. The van der Waals surface area contributed by atoms with Crippen LogP contribution in [0.1, 0.15) is 65.1 Å². The standard InChI is InChI=1S/C48H71N3O15/c1-11-35-14-13-32(21-49-35)24-63-50-36-25-59-17-16-34-19-28(3)37(52)15-12-27(2)18-33(23-62-48-46(58-10)45(57-9)42(55)31(6)65-48)22-61-39(53)20-38(60-26-36)29(4)44(34)66-47-43(56)40(51(7)8)41(54)30(5)64-47/h1,12-15,18,21,28-31,33-34,38,40-48,54-56H,16-17,19-20,22-26H2,2-10H3/b15-12+,27-18+,50-36+/t28-,29+,30-,31-,33+,34?,38-,40+,41-,42-,43-,44-,45-,46-,47+,48-/m1/s1. The summed E-state index contributed by atoms with van der Waals surface area (Å²) in [5, 5.41) is 37.7. The summed E-state index contributed by atoms with van der Waals surface area (Å²) in [4.78, 5) is 39.6. The minimum Gasteiger partial charge on any atom is -0.465 e. The number of carbonyl (C=O) groups excluding carboxylic acids is 2. The molecule has 0 aliphatic carbocycles. The van der Waals surface area contributed by atoms with Crippen molar-refractivity contribution in [2.75, 3.05) is 61.3 Å². The predicted molar refractivity (Wildman–Crippen MR) is 240 cm³/mol. The Balaban J connectivity index is 1.46. The number of carbonyl (C=O) groups is 2. The number of aromatic nitrogens is 1. The van der Waals surface area contributed by atoms with E-state index < -0.39 is 97.3 Å². The number of terminal acetylenes is 1. The molecule has 18 nitrogen and oxygen atoms in total. The fourth-order valence-corrected chi connectivity index (χ4v) is 8.90. The molecule has 4 aliphatic rings. The van der Waals surface area contributed by atoms with E-state index in [1.165, 1.54) is 20.3 Å². The predicted octanol–water partition coefficient (Wildman–Crippen LogP) is 2.59. The van der Waals surface area contributed by atoms with Gasteiger partial charge >= 0.3 is 5.97 Å². The fraction of sp³-hybridized carbons (Fsp3) is 0.708. The summed E-state index contributed by atoms with van der Waals surface area (Å²) in [5.41, 5.74) is 2.39. The summed E-state index contributed by atoms with van der Waals surface area (Å²) >= 11 is 0. The van der Waals surface area contributed by atoms with Crippen LogP contribution < -0.4 is 0 Å². The molecule has 0 saturated carbocycles. The zero-order valence-corrected chi connectivity index (χ0v) is 39.7. The molecule has 1 aromatic heterocycles. The minimum absolute atomic E-state index is 0.0230. The molecule has 368 valence electrons. The van der Waals surface area contributed by atoms with E-state index in [1.54, 1.807) is 57.2 Å². The van der Waals surface area contributed by atoms with Crippen molar-refractivity contribution in [2.45, 2.75) is 134 Å². The highest BCUT2D eigenvalue weighted by molar-refractivity contribution is 5.91. The number of pyridine rings is 1. The molecule has 1 unspecified atom stereocenters. The summed E-state index contributed by atoms with van der Waals surface area (Å²) in [5.74, 6) is -0.133. The van der Waals surface area contributed by atoms with Crippen LogP contribution in [0, 0.1) is 36.0 Å². The second kappa shape index (κ2) is 25.6. The van der Waals surface area contributed by atoms with Crippen molar-refractivity contribution in [1.82, 2.24) is 9.88 Å². The minimum atomic E-state index is -1.26. The number of allylic oxidation sites excluding steroid dienone is 3. The number of hydrogen-bond donors (Lipinski definition) is 3. The Labute approximate surface area is 388 Å². The smallest absolute Gasteiger partial charge is 0.308 e. The number of aliphatic hydroxyl groups excluding tert-OH is 3. The van der Waals surface area contributed by atoms with Crippen LogP contribution in [0.2, 0.25) is 0 Å². The number of esters is 1. The van der Waals surface area contributed by atoms with Gasteiger partial charge in [-0.1, -0.05) is 48.7 Å². The van der Waals surface area contributed by atoms with Gasteiger partial charge in [-0.2, -0.15) is 0 Å². The lowest BCUT2D eigenvalue weighted by Gasteiger charge is -2.47. The van der Waals surface area contributed by atoms with Gasteiger partial charge in [-0.15, -0.1) is 6.42 Å². The summed E-state index contributed by atoms with van der Waals surface area (Å²) in [6.07, 6.45) is 3.06. The second-order valence-corrected chi connectivity index (χ2v) is 18.0. The highest BCUT2D eigenvalue weighted by Gasteiger charge is 2.48. The molecule has 0 spiro atoms. The van der Waals surface area contributed by atoms with Crippen LogP contribution >= 0.6 is 0 Å². The molecule has 1 aromatic rings. The van der Waals surface area contributed by atoms with E-state index in [0.29, 0.717) is 24.2 Å². The topological polar surface area (TPSA) is 216 Å². The maximum atomic E-state index is 14.1. The van der Waals surface area contributed by atoms with Gasteiger partial charge in [0.05, 0.1) is 69.4 Å². The number of ether oxygens (including phenoxy) is 9. The molecule has 5 heterocycles. The Morgan fingerprint density at radius 1 is 0.939 bits per heavy atom. The largest absolute Gasteiger partial charge is 0.465 e. The maximum absolute atomic E-state index is 14.1. The zero-order valence-electron chi connectivity index (χ0n) is 39.7. The fourth-order valence-electron chi connectivity index (χ4n) is 8.90. The van der Waals surface area contributed by atoms with Crippen molar-refractivity contribution in [1.29, 1.82) is 0 Å². The van der Waals surface area contributed by atoms with Gasteiger partial charge in [-0.25, -0.2) is 4.98 Å². The molecule has 18 heteroatoms. The van der Waals surface area contributed by atoms with E-state index in [1.807, 2.05) is 26.8 Å². The first-order valence-corrected chi connectivity index (χ1v) is 22.7. The first-order chi connectivity index (χ1) is 31.5. The molecular formula is C48H71N3O15. The van der Waals surface area contributed by atoms with Gasteiger partial charge in [0.25, 0.3) is 0 Å². The number of nitrogens with zero attached hydrogens (tertiary/aromatic N) is 3. The zero-order chi connectivity index (χ0) is 48.1. The molecular weight excluding hydrogens is 859 g/mol. The quantitative estimate of drug-likeness (QED) is 0.165. The van der Waals surface area contributed by atoms with E-state index in [4.69, 9.17) is 53.9 Å². The van der Waals surface area contributed by atoms with Gasteiger partial charge in [0.15, 0.2) is 18.4 Å². The second-order valence-electron chi connectivity index (χ2n) is 18.0. The first-order valence-electron chi connectivity index (χ1n) is 22.7. The molecule has 3 saturated heterocycles. The highest BCUT2D eigenvalue weighted by atomic mass is 16.7. The number of methoxy groups -OCH3 is 2. The van der Waals surface area contributed by atoms with Crippen molar-refractivity contribution in [2.24, 2.45) is 28.8 Å². The van der Waals surface area contributed by atoms with E-state index >= 15 is 0 Å². The van der Waals surface area contributed by atoms with Crippen molar-refractivity contribution < 1.29 is 72.4 Å². The van der Waals surface area contributed by atoms with Crippen LogP contribution in [0.4, 0.5) is 0 Å². The molecule has 2 bridgehead atoms. The van der Waals surface area contributed by atoms with Crippen molar-refractivity contribution >= 4 is 17.5 Å². The number of fused-ring (bicyclic) bond motifs is 3. The number of rotatable bonds is 11. The van der Waals surface area contributed by atoms with Gasteiger partial charge in [0.2, 0.25) is 0 Å². The van der Waals surface area contributed by atoms with Gasteiger partial charge in [-0.05, 0) is 65.8 Å². The average molecular weight is 930 g/mol. The maximum Gasteiger partial charge on any atom is 0.308 e. The Hall–Kier alpha value is -3.68. The van der Waals surface area contributed by atoms with Crippen LogP contribution in [0.3, 0.4) is 0 Å². The number of oxime groups is 1. The molecule has 66 heavy (non-hydrogen) atoms. The summed E-state index contributed by atoms with van der Waals surface area (Å²) in [7, 11) is 6.48. The molecule has 4 aliphatic heterocycles. The lowest BCUT2D eigenvalue weighted by atomic mass is 9.79. The van der Waals surface area contributed by atoms with Gasteiger partial charge in [0.1, 0.15) is 42.4 Å². The molecule has 16 atom stereocenters. The molecule has 5 rings (SSSR count). The number of hydrogen-bond acceptors (Lipinski definition) is 18. The number of cyclic esters (lactones) is 1. The third-order valence-corrected chi connectivity index (χ3v) is 12.8. The first kappa shape index (κ1) is 53.3. The van der Waals surface area contributed by atoms with Gasteiger partial charge in [-0.3, -0.25) is 9.59 Å². The van der Waals surface area contributed by atoms with E-state index in [9.17, 15) is 24.9 Å². The lowest BCUT2D eigenvalue weighted by molar-refractivity contribution is -0.305. The number of aliphatic hydroxyl groups is 3. The van der Waals surface area contributed by atoms with Gasteiger partial charge in [0, 0.05) is 50.3 Å². The number of likely N-dealkylation sites (N-methyl/N-ethyl adjacent to an activating group) is 1. The summed E-state index contributed by atoms with van der Waals surface area (Å²) < 4.78 is 55.1. The van der Waals surface area contributed by atoms with E-state index in [-0.39, 0.29) is 57.8 Å². The monoisotopic (exact) mass is 929 g/mol. The Morgan fingerprint density at radius 3 is 2.35 bits per heavy atom. The van der Waals surface area contributed by atoms with E-state index in [0.717, 1.165) is 11.1 Å². The van der Waals surface area contributed by atoms with Crippen LogP contribution in [-0.2, 0) is 63.7 Å². The van der Waals surface area contributed by atoms with Crippen LogP contribution in [0.15, 0.2) is 47.3 Å². The number of ketones is 1.